The van der Waals surface area contributed by atoms with Crippen LogP contribution in [-0.4, -0.2) is 50.0 Å². The molecule has 0 aliphatic carbocycles. The molecule has 0 aliphatic rings. The molecule has 180 valence electrons. The number of benzene rings is 2. The second-order valence-corrected chi connectivity index (χ2v) is 10.8. The molecule has 10 heteroatoms. The predicted molar refractivity (Wildman–Crippen MR) is 133 cm³/mol. The lowest BCUT2D eigenvalue weighted by atomic mass is 10.1. The fraction of sp³-hybridized carbons (Fsp3) is 0.391. The van der Waals surface area contributed by atoms with Gasteiger partial charge in [0.25, 0.3) is 0 Å². The number of amides is 2. The van der Waals surface area contributed by atoms with E-state index >= 15 is 0 Å². The van der Waals surface area contributed by atoms with Gasteiger partial charge >= 0.3 is 0 Å². The number of nitrogens with zero attached hydrogens (tertiary/aromatic N) is 2. The van der Waals surface area contributed by atoms with Gasteiger partial charge in [0.15, 0.2) is 0 Å². The van der Waals surface area contributed by atoms with E-state index in [1.165, 1.54) is 4.90 Å². The third-order valence-corrected chi connectivity index (χ3v) is 6.99. The molecule has 7 nitrogen and oxygen atoms in total. The fourth-order valence-electron chi connectivity index (χ4n) is 3.26. The minimum Gasteiger partial charge on any atom is -0.352 e. The van der Waals surface area contributed by atoms with Crippen molar-refractivity contribution in [1.29, 1.82) is 0 Å². The van der Waals surface area contributed by atoms with Crippen LogP contribution in [0.15, 0.2) is 42.5 Å². The van der Waals surface area contributed by atoms with Crippen LogP contribution in [0.2, 0.25) is 10.0 Å². The number of carbonyl (C=O) groups is 2. The second kappa shape index (κ2) is 11.2. The summed E-state index contributed by atoms with van der Waals surface area (Å²) in [6.45, 7) is 6.46. The average Bonchev–Trinajstić information content (AvgIpc) is 2.71. The number of nitrogens with one attached hydrogen (secondary N) is 1. The van der Waals surface area contributed by atoms with Crippen LogP contribution in [-0.2, 0) is 26.2 Å². The lowest BCUT2D eigenvalue weighted by Gasteiger charge is -2.32. The zero-order valence-corrected chi connectivity index (χ0v) is 21.6. The van der Waals surface area contributed by atoms with Gasteiger partial charge in [-0.05, 0) is 57.0 Å². The van der Waals surface area contributed by atoms with Crippen molar-refractivity contribution >= 4 is 50.7 Å². The van der Waals surface area contributed by atoms with E-state index in [2.05, 4.69) is 5.32 Å². The molecule has 0 aromatic heterocycles. The van der Waals surface area contributed by atoms with E-state index in [1.807, 2.05) is 13.8 Å². The van der Waals surface area contributed by atoms with Crippen molar-refractivity contribution in [3.05, 3.63) is 63.6 Å². The maximum Gasteiger partial charge on any atom is 0.244 e. The summed E-state index contributed by atoms with van der Waals surface area (Å²) in [6, 6.07) is 10.8. The van der Waals surface area contributed by atoms with Gasteiger partial charge in [-0.2, -0.15) is 0 Å². The zero-order chi connectivity index (χ0) is 24.9. The topological polar surface area (TPSA) is 86.8 Å². The maximum absolute atomic E-state index is 13.5. The van der Waals surface area contributed by atoms with Crippen molar-refractivity contribution < 1.29 is 18.0 Å². The monoisotopic (exact) mass is 513 g/mol. The summed E-state index contributed by atoms with van der Waals surface area (Å²) in [6.07, 6.45) is 1.02. The van der Waals surface area contributed by atoms with Gasteiger partial charge < -0.3 is 10.2 Å². The van der Waals surface area contributed by atoms with E-state index in [4.69, 9.17) is 23.2 Å². The van der Waals surface area contributed by atoms with Crippen molar-refractivity contribution in [2.75, 3.05) is 17.1 Å². The van der Waals surface area contributed by atoms with Crippen molar-refractivity contribution in [2.24, 2.45) is 0 Å². The molecule has 0 saturated heterocycles. The van der Waals surface area contributed by atoms with Gasteiger partial charge in [-0.1, -0.05) is 47.5 Å². The fourth-order valence-corrected chi connectivity index (χ4v) is 4.52. The summed E-state index contributed by atoms with van der Waals surface area (Å²) in [5, 5.41) is 3.62. The second-order valence-electron chi connectivity index (χ2n) is 8.11. The number of carbonyl (C=O) groups excluding carboxylic acids is 2. The van der Waals surface area contributed by atoms with E-state index in [0.717, 1.165) is 10.6 Å². The Morgan fingerprint density at radius 2 is 1.61 bits per heavy atom. The molecule has 2 amide bonds. The van der Waals surface area contributed by atoms with Crippen LogP contribution < -0.4 is 9.62 Å². The SMILES string of the molecule is Cc1c(Cl)cccc1N(CC(=O)N(Cc1ccccc1Cl)[C@H](C)C(=O)NC(C)C)S(C)(=O)=O. The van der Waals surface area contributed by atoms with Crippen LogP contribution in [0.25, 0.3) is 0 Å². The molecule has 1 N–H and O–H groups in total. The van der Waals surface area contributed by atoms with Crippen molar-refractivity contribution in [2.45, 2.75) is 46.3 Å². The summed E-state index contributed by atoms with van der Waals surface area (Å²) in [4.78, 5) is 27.5. The van der Waals surface area contributed by atoms with Crippen molar-refractivity contribution in [1.82, 2.24) is 10.2 Å². The third-order valence-electron chi connectivity index (χ3n) is 5.08. The number of anilines is 1. The molecule has 0 aliphatic heterocycles. The Morgan fingerprint density at radius 3 is 2.18 bits per heavy atom. The van der Waals surface area contributed by atoms with Gasteiger partial charge in [-0.3, -0.25) is 13.9 Å². The molecular formula is C23H29Cl2N3O4S. The van der Waals surface area contributed by atoms with Gasteiger partial charge in [0.05, 0.1) is 11.9 Å². The molecular weight excluding hydrogens is 485 g/mol. The first kappa shape index (κ1) is 27.0. The normalized spacial score (nSPS) is 12.4. The number of halogens is 2. The van der Waals surface area contributed by atoms with Gasteiger partial charge in [-0.25, -0.2) is 8.42 Å². The van der Waals surface area contributed by atoms with E-state index in [9.17, 15) is 18.0 Å². The number of rotatable bonds is 9. The van der Waals surface area contributed by atoms with Crippen molar-refractivity contribution in [3.8, 4) is 0 Å². The molecule has 0 saturated carbocycles. The molecule has 2 rings (SSSR count). The van der Waals surface area contributed by atoms with E-state index < -0.39 is 28.5 Å². The molecule has 33 heavy (non-hydrogen) atoms. The van der Waals surface area contributed by atoms with Crippen LogP contribution in [0.3, 0.4) is 0 Å². The zero-order valence-electron chi connectivity index (χ0n) is 19.3. The Balaban J connectivity index is 2.45. The van der Waals surface area contributed by atoms with Crippen LogP contribution in [0.5, 0.6) is 0 Å². The Hall–Kier alpha value is -2.29. The van der Waals surface area contributed by atoms with Gasteiger partial charge in [-0.15, -0.1) is 0 Å². The molecule has 0 fully saturated rings. The largest absolute Gasteiger partial charge is 0.352 e. The minimum absolute atomic E-state index is 0.0390. The molecule has 0 unspecified atom stereocenters. The quantitative estimate of drug-likeness (QED) is 0.548. The summed E-state index contributed by atoms with van der Waals surface area (Å²) in [5.41, 5.74) is 1.47. The molecule has 0 bridgehead atoms. The summed E-state index contributed by atoms with van der Waals surface area (Å²) in [5.74, 6) is -0.902. The Kier molecular flexibility index (Phi) is 9.17. The Labute approximate surface area is 205 Å². The molecule has 2 aromatic rings. The molecule has 0 heterocycles. The first-order chi connectivity index (χ1) is 15.3. The van der Waals surface area contributed by atoms with Gasteiger partial charge in [0.1, 0.15) is 12.6 Å². The highest BCUT2D eigenvalue weighted by Gasteiger charge is 2.31. The van der Waals surface area contributed by atoms with E-state index in [0.29, 0.717) is 26.9 Å². The number of sulfonamides is 1. The standard InChI is InChI=1S/C23H29Cl2N3O4S/c1-15(2)26-23(30)17(4)27(13-18-9-6-7-10-20(18)25)22(29)14-28(33(5,31)32)21-12-8-11-19(24)16(21)3/h6-12,15,17H,13-14H2,1-5H3,(H,26,30)/t17-/m1/s1. The highest BCUT2D eigenvalue weighted by atomic mass is 35.5. The average molecular weight is 514 g/mol. The van der Waals surface area contributed by atoms with Crippen molar-refractivity contribution in [3.63, 3.8) is 0 Å². The number of hydrogen-bond donors (Lipinski definition) is 1. The summed E-state index contributed by atoms with van der Waals surface area (Å²) >= 11 is 12.5. The van der Waals surface area contributed by atoms with Crippen LogP contribution >= 0.6 is 23.2 Å². The highest BCUT2D eigenvalue weighted by molar-refractivity contribution is 7.92. The lowest BCUT2D eigenvalue weighted by molar-refractivity contribution is -0.139. The van der Waals surface area contributed by atoms with Crippen LogP contribution in [0, 0.1) is 6.92 Å². The molecule has 0 spiro atoms. The summed E-state index contributed by atoms with van der Waals surface area (Å²) in [7, 11) is -3.83. The smallest absolute Gasteiger partial charge is 0.244 e. The van der Waals surface area contributed by atoms with E-state index in [1.54, 1.807) is 56.3 Å². The Bertz CT molecular complexity index is 1120. The Morgan fingerprint density at radius 1 is 1.00 bits per heavy atom. The molecule has 0 radical (unpaired) electrons. The van der Waals surface area contributed by atoms with Gasteiger partial charge in [0.2, 0.25) is 21.8 Å². The third kappa shape index (κ3) is 7.09. The first-order valence-corrected chi connectivity index (χ1v) is 13.0. The molecule has 2 aromatic carbocycles. The lowest BCUT2D eigenvalue weighted by Crippen LogP contribution is -2.52. The van der Waals surface area contributed by atoms with Crippen LogP contribution in [0.4, 0.5) is 5.69 Å². The van der Waals surface area contributed by atoms with E-state index in [-0.39, 0.29) is 18.5 Å². The highest BCUT2D eigenvalue weighted by Crippen LogP contribution is 2.28. The number of hydrogen-bond acceptors (Lipinski definition) is 4. The first-order valence-electron chi connectivity index (χ1n) is 10.4. The molecule has 1 atom stereocenters. The summed E-state index contributed by atoms with van der Waals surface area (Å²) < 4.78 is 26.3. The minimum atomic E-state index is -3.83. The maximum atomic E-state index is 13.5. The van der Waals surface area contributed by atoms with Gasteiger partial charge in [0, 0.05) is 22.6 Å². The van der Waals surface area contributed by atoms with Crippen LogP contribution in [0.1, 0.15) is 31.9 Å². The predicted octanol–water partition coefficient (Wildman–Crippen LogP) is 4.01.